The van der Waals surface area contributed by atoms with E-state index in [1.54, 1.807) is 14.2 Å². The van der Waals surface area contributed by atoms with Crippen LogP contribution in [0, 0.1) is 0 Å². The summed E-state index contributed by atoms with van der Waals surface area (Å²) in [5, 5.41) is 31.6. The van der Waals surface area contributed by atoms with Crippen LogP contribution in [-0.4, -0.2) is 70.9 Å². The molecule has 0 saturated carbocycles. The molecular formula is C29H34N4O6S. The van der Waals surface area contributed by atoms with Gasteiger partial charge >= 0.3 is 0 Å². The minimum absolute atomic E-state index is 0.0290. The number of thioether (sulfide) groups is 1. The fourth-order valence-electron chi connectivity index (χ4n) is 4.41. The number of rotatable bonds is 15. The monoisotopic (exact) mass is 566 g/mol. The van der Waals surface area contributed by atoms with Gasteiger partial charge in [0.25, 0.3) is 0 Å². The lowest BCUT2D eigenvalue weighted by Gasteiger charge is -2.11. The Bertz CT molecular complexity index is 1500. The maximum absolute atomic E-state index is 9.90. The number of nitrogens with zero attached hydrogens (tertiary/aromatic N) is 1. The van der Waals surface area contributed by atoms with Crippen molar-refractivity contribution in [3.05, 3.63) is 60.2 Å². The Labute approximate surface area is 236 Å². The van der Waals surface area contributed by atoms with E-state index in [0.29, 0.717) is 55.2 Å². The highest BCUT2D eigenvalue weighted by Crippen LogP contribution is 2.42. The summed E-state index contributed by atoms with van der Waals surface area (Å²) in [6, 6.07) is 17.9. The van der Waals surface area contributed by atoms with Gasteiger partial charge in [-0.15, -0.1) is 11.8 Å². The van der Waals surface area contributed by atoms with Crippen molar-refractivity contribution in [2.75, 3.05) is 51.2 Å². The zero-order chi connectivity index (χ0) is 27.9. The average molecular weight is 567 g/mol. The summed E-state index contributed by atoms with van der Waals surface area (Å²) in [7, 11) is 3.24. The van der Waals surface area contributed by atoms with E-state index in [-0.39, 0.29) is 11.8 Å². The normalized spacial score (nSPS) is 11.4. The minimum atomic E-state index is 0.0290. The van der Waals surface area contributed by atoms with Gasteiger partial charge in [-0.25, -0.2) is 0 Å². The molecule has 11 heteroatoms. The van der Waals surface area contributed by atoms with Gasteiger partial charge in [0.05, 0.1) is 44.1 Å². The van der Waals surface area contributed by atoms with Crippen molar-refractivity contribution in [2.45, 2.75) is 11.4 Å². The fourth-order valence-corrected chi connectivity index (χ4v) is 5.28. The van der Waals surface area contributed by atoms with Crippen LogP contribution in [0.1, 0.15) is 5.56 Å². The summed E-state index contributed by atoms with van der Waals surface area (Å²) in [6.45, 7) is 2.93. The van der Waals surface area contributed by atoms with Gasteiger partial charge in [-0.05, 0) is 29.1 Å². The van der Waals surface area contributed by atoms with Crippen molar-refractivity contribution in [3.8, 4) is 34.5 Å². The van der Waals surface area contributed by atoms with Gasteiger partial charge in [-0.3, -0.25) is 14.8 Å². The van der Waals surface area contributed by atoms with Gasteiger partial charge in [0, 0.05) is 36.4 Å². The van der Waals surface area contributed by atoms with E-state index in [4.69, 9.17) is 18.9 Å². The van der Waals surface area contributed by atoms with E-state index in [1.807, 2.05) is 30.3 Å². The molecule has 0 atom stereocenters. The number of ether oxygens (including phenoxy) is 4. The second kappa shape index (κ2) is 12.9. The number of fused-ring (bicyclic) bond motifs is 3. The van der Waals surface area contributed by atoms with Crippen LogP contribution in [0.2, 0.25) is 0 Å². The number of aromatic hydroxyl groups is 2. The number of aromatic nitrogens is 3. The predicted octanol–water partition coefficient (Wildman–Crippen LogP) is 5.18. The average Bonchev–Trinajstić information content (AvgIpc) is 3.61. The second-order valence-electron chi connectivity index (χ2n) is 9.16. The molecule has 0 bridgehead atoms. The molecule has 2 aromatic carbocycles. The molecule has 10 nitrogen and oxygen atoms in total. The fraction of sp³-hybridized carbons (Fsp3) is 0.310. The molecule has 5 N–H and O–H groups in total. The molecule has 1 aliphatic carbocycles. The smallest absolute Gasteiger partial charge is 0.207 e. The Morgan fingerprint density at radius 1 is 0.900 bits per heavy atom. The van der Waals surface area contributed by atoms with Gasteiger partial charge < -0.3 is 34.5 Å². The standard InChI is InChI=1S/C29H34N4O6S/c1-33-26(34)17-25(29(33)35)40-13-12-38-9-8-37-10-11-39-24-15-20-14-22-27(21(20)16-23(24)36-2)31-32-28(22)30-18-19-6-4-3-5-7-19/h3-7,14-17,30-32,34-35H,8-13,18H2,1-2H3. The highest BCUT2D eigenvalue weighted by atomic mass is 32.2. The van der Waals surface area contributed by atoms with Crippen molar-refractivity contribution >= 4 is 28.4 Å². The zero-order valence-electron chi connectivity index (χ0n) is 22.5. The maximum Gasteiger partial charge on any atom is 0.207 e. The van der Waals surface area contributed by atoms with Gasteiger partial charge in [0.15, 0.2) is 17.4 Å². The molecule has 2 heterocycles. The lowest BCUT2D eigenvalue weighted by Crippen LogP contribution is -2.12. The van der Waals surface area contributed by atoms with E-state index in [2.05, 4.69) is 33.7 Å². The molecule has 0 fully saturated rings. The van der Waals surface area contributed by atoms with Crippen LogP contribution < -0.4 is 14.8 Å². The van der Waals surface area contributed by atoms with Crippen LogP contribution in [0.4, 0.5) is 5.82 Å². The third-order valence-electron chi connectivity index (χ3n) is 6.55. The van der Waals surface area contributed by atoms with Crippen molar-refractivity contribution < 1.29 is 29.2 Å². The van der Waals surface area contributed by atoms with Crippen molar-refractivity contribution in [3.63, 3.8) is 0 Å². The Hall–Kier alpha value is -3.93. The molecule has 3 aromatic rings. The topological polar surface area (TPSA) is 126 Å². The molecule has 212 valence electrons. The van der Waals surface area contributed by atoms with Crippen LogP contribution in [0.5, 0.6) is 23.3 Å². The molecule has 2 aliphatic rings. The summed E-state index contributed by atoms with van der Waals surface area (Å²) >= 11 is 1.42. The molecule has 1 aliphatic heterocycles. The van der Waals surface area contributed by atoms with Crippen LogP contribution >= 0.6 is 11.8 Å². The lowest BCUT2D eigenvalue weighted by molar-refractivity contribution is 0.0409. The van der Waals surface area contributed by atoms with E-state index in [1.165, 1.54) is 28.0 Å². The van der Waals surface area contributed by atoms with E-state index in [9.17, 15) is 10.2 Å². The molecule has 1 aromatic heterocycles. The molecule has 40 heavy (non-hydrogen) atoms. The van der Waals surface area contributed by atoms with Crippen LogP contribution in [-0.2, 0) is 23.1 Å². The first-order valence-corrected chi connectivity index (χ1v) is 14.0. The van der Waals surface area contributed by atoms with Gasteiger partial charge in [-0.1, -0.05) is 30.3 Å². The molecule has 5 rings (SSSR count). The summed E-state index contributed by atoms with van der Waals surface area (Å²) in [5.41, 5.74) is 3.29. The third kappa shape index (κ3) is 6.27. The Morgan fingerprint density at radius 3 is 2.42 bits per heavy atom. The van der Waals surface area contributed by atoms with Gasteiger partial charge in [0.1, 0.15) is 12.4 Å². The molecular weight excluding hydrogens is 532 g/mol. The summed E-state index contributed by atoms with van der Waals surface area (Å²) < 4.78 is 24.1. The van der Waals surface area contributed by atoms with Crippen molar-refractivity contribution in [1.29, 1.82) is 0 Å². The number of hydrogen-bond acceptors (Lipinski definition) is 8. The quantitative estimate of drug-likeness (QED) is 0.0868. The number of benzene rings is 2. The molecule has 0 unspecified atom stereocenters. The molecule has 0 amide bonds. The highest BCUT2D eigenvalue weighted by Gasteiger charge is 2.19. The SMILES string of the molecule is COc1cc2c3[nH][nH]c(NCc4ccccc4)c-3cc2cc1OCCOCCOCCSc1cc(O)n(C)c1O. The van der Waals surface area contributed by atoms with E-state index >= 15 is 0 Å². The van der Waals surface area contributed by atoms with Crippen LogP contribution in [0.25, 0.3) is 22.0 Å². The van der Waals surface area contributed by atoms with Gasteiger partial charge in [0.2, 0.25) is 5.88 Å². The number of nitrogens with one attached hydrogen (secondary N) is 3. The van der Waals surface area contributed by atoms with Crippen molar-refractivity contribution in [1.82, 2.24) is 14.8 Å². The van der Waals surface area contributed by atoms with Crippen molar-refractivity contribution in [2.24, 2.45) is 7.05 Å². The first-order valence-electron chi connectivity index (χ1n) is 13.0. The third-order valence-corrected chi connectivity index (χ3v) is 7.53. The largest absolute Gasteiger partial charge is 0.494 e. The first-order chi connectivity index (χ1) is 19.5. The summed E-state index contributed by atoms with van der Waals surface area (Å²) in [4.78, 5) is 0.628. The number of H-pyrrole nitrogens is 2. The lowest BCUT2D eigenvalue weighted by atomic mass is 10.2. The summed E-state index contributed by atoms with van der Waals surface area (Å²) in [5.74, 6) is 2.99. The minimum Gasteiger partial charge on any atom is -0.494 e. The number of anilines is 1. The van der Waals surface area contributed by atoms with Gasteiger partial charge in [-0.2, -0.15) is 0 Å². The van der Waals surface area contributed by atoms with Crippen LogP contribution in [0.15, 0.2) is 59.5 Å². The predicted molar refractivity (Wildman–Crippen MR) is 156 cm³/mol. The second-order valence-corrected chi connectivity index (χ2v) is 10.3. The summed E-state index contributed by atoms with van der Waals surface area (Å²) in [6.07, 6.45) is 0. The highest BCUT2D eigenvalue weighted by molar-refractivity contribution is 7.99. The first kappa shape index (κ1) is 27.6. The zero-order valence-corrected chi connectivity index (χ0v) is 23.3. The molecule has 0 spiro atoms. The number of hydrogen-bond donors (Lipinski definition) is 5. The Balaban J connectivity index is 1.06. The number of methoxy groups -OCH3 is 1. The van der Waals surface area contributed by atoms with E-state index < -0.39 is 0 Å². The van der Waals surface area contributed by atoms with E-state index in [0.717, 1.165) is 34.4 Å². The van der Waals surface area contributed by atoms with Crippen LogP contribution in [0.3, 0.4) is 0 Å². The maximum atomic E-state index is 9.90. The Kier molecular flexibility index (Phi) is 8.94. The molecule has 0 saturated heterocycles. The molecule has 0 radical (unpaired) electrons. The number of aromatic amines is 2. The Morgan fingerprint density at radius 2 is 1.68 bits per heavy atom.